The van der Waals surface area contributed by atoms with Gasteiger partial charge in [-0.15, -0.1) is 0 Å². The van der Waals surface area contributed by atoms with Gasteiger partial charge in [-0.05, 0) is 106 Å². The molecule has 5 fully saturated rings. The van der Waals surface area contributed by atoms with Crippen LogP contribution in [0.15, 0.2) is 0 Å². The lowest BCUT2D eigenvalue weighted by molar-refractivity contribution is -0.159. The predicted octanol–water partition coefficient (Wildman–Crippen LogP) is 6.07. The molecule has 5 aliphatic rings. The van der Waals surface area contributed by atoms with Crippen LogP contribution < -0.4 is 0 Å². The fourth-order valence-electron chi connectivity index (χ4n) is 10.4. The van der Waals surface area contributed by atoms with Crippen molar-refractivity contribution in [3.8, 4) is 0 Å². The molecular weight excluding hydrogens is 480 g/mol. The molecule has 1 aliphatic heterocycles. The fraction of sp³-hybridized carbons (Fsp3) is 0.938. The molecule has 12 atom stereocenters. The highest BCUT2D eigenvalue weighted by Crippen LogP contribution is 2.74. The second kappa shape index (κ2) is 9.46. The minimum atomic E-state index is -0.805. The Morgan fingerprint density at radius 1 is 1.03 bits per heavy atom. The van der Waals surface area contributed by atoms with Gasteiger partial charge in [0.2, 0.25) is 0 Å². The van der Waals surface area contributed by atoms with E-state index in [0.29, 0.717) is 36.2 Å². The van der Waals surface area contributed by atoms with Crippen molar-refractivity contribution in [2.75, 3.05) is 0 Å². The summed E-state index contributed by atoms with van der Waals surface area (Å²) in [5, 5.41) is 10.6. The average molecular weight is 533 g/mol. The van der Waals surface area contributed by atoms with Gasteiger partial charge in [-0.1, -0.05) is 27.7 Å². The maximum Gasteiger partial charge on any atom is 0.302 e. The molecule has 4 aliphatic carbocycles. The number of fused-ring (bicyclic) bond motifs is 4. The summed E-state index contributed by atoms with van der Waals surface area (Å²) >= 11 is 0. The van der Waals surface area contributed by atoms with Crippen molar-refractivity contribution < 1.29 is 28.9 Å². The van der Waals surface area contributed by atoms with E-state index >= 15 is 0 Å². The highest BCUT2D eigenvalue weighted by atomic mass is 16.6. The summed E-state index contributed by atoms with van der Waals surface area (Å²) in [6.07, 6.45) is 9.70. The lowest BCUT2D eigenvalue weighted by atomic mass is 9.44. The molecule has 1 heterocycles. The van der Waals surface area contributed by atoms with E-state index in [1.165, 1.54) is 39.5 Å². The summed E-state index contributed by atoms with van der Waals surface area (Å²) in [5.74, 6) is 2.40. The van der Waals surface area contributed by atoms with Crippen LogP contribution in [0.5, 0.6) is 0 Å². The van der Waals surface area contributed by atoms with Crippen LogP contribution >= 0.6 is 0 Å². The van der Waals surface area contributed by atoms with Crippen LogP contribution in [-0.2, 0) is 23.8 Å². The zero-order valence-electron chi connectivity index (χ0n) is 25.0. The maximum atomic E-state index is 12.1. The first-order valence-electron chi connectivity index (χ1n) is 15.4. The van der Waals surface area contributed by atoms with E-state index in [2.05, 4.69) is 27.7 Å². The molecule has 0 aromatic rings. The molecular formula is C32H52O6. The van der Waals surface area contributed by atoms with Gasteiger partial charge >= 0.3 is 11.9 Å². The number of hydrogen-bond donors (Lipinski definition) is 1. The lowest BCUT2D eigenvalue weighted by Crippen LogP contribution is -2.59. The Hall–Kier alpha value is -1.14. The van der Waals surface area contributed by atoms with Crippen LogP contribution in [-0.4, -0.2) is 46.6 Å². The first-order chi connectivity index (χ1) is 17.6. The molecule has 1 saturated heterocycles. The molecule has 38 heavy (non-hydrogen) atoms. The number of aliphatic hydroxyl groups is 1. The van der Waals surface area contributed by atoms with Gasteiger partial charge in [-0.2, -0.15) is 0 Å². The van der Waals surface area contributed by atoms with Crippen molar-refractivity contribution in [1.82, 2.24) is 0 Å². The summed E-state index contributed by atoms with van der Waals surface area (Å²) in [5.41, 5.74) is -0.512. The number of ether oxygens (including phenoxy) is 3. The van der Waals surface area contributed by atoms with Crippen molar-refractivity contribution in [3.63, 3.8) is 0 Å². The van der Waals surface area contributed by atoms with Gasteiger partial charge in [0, 0.05) is 25.7 Å². The molecule has 216 valence electrons. The maximum absolute atomic E-state index is 12.1. The van der Waals surface area contributed by atoms with E-state index < -0.39 is 5.60 Å². The second-order valence-electron chi connectivity index (χ2n) is 15.0. The molecule has 4 saturated carbocycles. The van der Waals surface area contributed by atoms with Gasteiger partial charge in [0.1, 0.15) is 17.8 Å². The molecule has 6 nitrogen and oxygen atoms in total. The van der Waals surface area contributed by atoms with Crippen molar-refractivity contribution in [2.45, 2.75) is 143 Å². The quantitative estimate of drug-likeness (QED) is 0.316. The number of epoxide rings is 1. The smallest absolute Gasteiger partial charge is 0.302 e. The van der Waals surface area contributed by atoms with E-state index in [4.69, 9.17) is 14.2 Å². The average Bonchev–Trinajstić information content (AvgIpc) is 3.38. The molecule has 0 bridgehead atoms. The zero-order valence-corrected chi connectivity index (χ0v) is 25.0. The Balaban J connectivity index is 1.34. The minimum Gasteiger partial charge on any atom is -0.462 e. The van der Waals surface area contributed by atoms with Crippen LogP contribution in [0.25, 0.3) is 0 Å². The number of carbonyl (C=O) groups is 2. The molecule has 0 aromatic heterocycles. The molecule has 0 radical (unpaired) electrons. The number of rotatable bonds is 7. The largest absolute Gasteiger partial charge is 0.462 e. The van der Waals surface area contributed by atoms with E-state index in [-0.39, 0.29) is 52.4 Å². The molecule has 12 unspecified atom stereocenters. The summed E-state index contributed by atoms with van der Waals surface area (Å²) in [7, 11) is 0. The lowest BCUT2D eigenvalue weighted by Gasteiger charge is -2.59. The fourth-order valence-corrected chi connectivity index (χ4v) is 10.4. The Labute approximate surface area is 229 Å². The predicted molar refractivity (Wildman–Crippen MR) is 145 cm³/mol. The highest BCUT2D eigenvalue weighted by molar-refractivity contribution is 5.66. The Bertz CT molecular complexity index is 941. The molecule has 6 heteroatoms. The van der Waals surface area contributed by atoms with Crippen molar-refractivity contribution in [3.05, 3.63) is 0 Å². The van der Waals surface area contributed by atoms with Gasteiger partial charge in [-0.25, -0.2) is 0 Å². The van der Waals surface area contributed by atoms with Crippen LogP contribution in [0, 0.1) is 46.3 Å². The van der Waals surface area contributed by atoms with Crippen LogP contribution in [0.4, 0.5) is 0 Å². The van der Waals surface area contributed by atoms with Crippen molar-refractivity contribution in [1.29, 1.82) is 0 Å². The van der Waals surface area contributed by atoms with Gasteiger partial charge < -0.3 is 19.3 Å². The second-order valence-corrected chi connectivity index (χ2v) is 15.0. The van der Waals surface area contributed by atoms with E-state index in [1.807, 2.05) is 13.8 Å². The first-order valence-corrected chi connectivity index (χ1v) is 15.4. The number of esters is 2. The SMILES string of the molecule is CC(=O)OC1CCC2(C)C3CCC4(C)C(C(C)C(CC(C)C(C)(C)O)OC(C)=O)CCC4C3CC3OC32C1. The first kappa shape index (κ1) is 28.4. The van der Waals surface area contributed by atoms with Crippen LogP contribution in [0.3, 0.4) is 0 Å². The zero-order chi connectivity index (χ0) is 27.8. The highest BCUT2D eigenvalue weighted by Gasteiger charge is 2.76. The summed E-state index contributed by atoms with van der Waals surface area (Å²) in [4.78, 5) is 23.8. The van der Waals surface area contributed by atoms with E-state index in [0.717, 1.165) is 25.7 Å². The summed E-state index contributed by atoms with van der Waals surface area (Å²) in [6, 6.07) is 0. The van der Waals surface area contributed by atoms with Gasteiger partial charge in [-0.3, -0.25) is 9.59 Å². The Morgan fingerprint density at radius 3 is 2.37 bits per heavy atom. The minimum absolute atomic E-state index is 0.00260. The molecule has 0 amide bonds. The topological polar surface area (TPSA) is 85.4 Å². The normalized spacial score (nSPS) is 45.9. The third kappa shape index (κ3) is 4.44. The van der Waals surface area contributed by atoms with Crippen LogP contribution in [0.2, 0.25) is 0 Å². The molecule has 1 spiro atoms. The van der Waals surface area contributed by atoms with E-state index in [9.17, 15) is 14.7 Å². The summed E-state index contributed by atoms with van der Waals surface area (Å²) in [6.45, 7) is 16.1. The third-order valence-electron chi connectivity index (χ3n) is 12.8. The standard InChI is InChI=1S/C32H52O6/c1-18(29(5,6)35)15-27(37-21(4)34)19(2)24-9-10-25-23-16-28-32(38-28)17-22(36-20(3)33)11-14-31(32,8)26(23)12-13-30(24,25)7/h18-19,22-28,35H,9-17H2,1-8H3. The number of hydrogen-bond acceptors (Lipinski definition) is 6. The van der Waals surface area contributed by atoms with Gasteiger partial charge in [0.15, 0.2) is 0 Å². The van der Waals surface area contributed by atoms with Gasteiger partial charge in [0.05, 0.1) is 11.7 Å². The Morgan fingerprint density at radius 2 is 1.74 bits per heavy atom. The molecule has 5 rings (SSSR count). The third-order valence-corrected chi connectivity index (χ3v) is 12.8. The molecule has 1 N–H and O–H groups in total. The van der Waals surface area contributed by atoms with Crippen molar-refractivity contribution >= 4 is 11.9 Å². The number of carbonyl (C=O) groups excluding carboxylic acids is 2. The molecule has 0 aromatic carbocycles. The van der Waals surface area contributed by atoms with E-state index in [1.54, 1.807) is 0 Å². The van der Waals surface area contributed by atoms with Crippen LogP contribution in [0.1, 0.15) is 113 Å². The Kier molecular flexibility index (Phi) is 7.07. The monoisotopic (exact) mass is 532 g/mol. The summed E-state index contributed by atoms with van der Waals surface area (Å²) < 4.78 is 18.2. The van der Waals surface area contributed by atoms with Gasteiger partial charge in [0.25, 0.3) is 0 Å². The van der Waals surface area contributed by atoms with Crippen molar-refractivity contribution in [2.24, 2.45) is 46.3 Å².